The minimum atomic E-state index is -1.17. The zero-order valence-corrected chi connectivity index (χ0v) is 10.0. The van der Waals surface area contributed by atoms with Crippen molar-refractivity contribution >= 4 is 11.8 Å². The first kappa shape index (κ1) is 14.5. The van der Waals surface area contributed by atoms with E-state index < -0.39 is 18.2 Å². The lowest BCUT2D eigenvalue weighted by Gasteiger charge is -2.16. The smallest absolute Gasteiger partial charge is 0.311 e. The molecule has 5 heteroatoms. The Kier molecular flexibility index (Phi) is 6.22. The summed E-state index contributed by atoms with van der Waals surface area (Å²) in [6.45, 7) is 7.16. The number of carboxylic acids is 1. The molecule has 0 aliphatic carbocycles. The van der Waals surface area contributed by atoms with Crippen LogP contribution in [0.3, 0.4) is 0 Å². The fourth-order valence-corrected chi connectivity index (χ4v) is 0.892. The highest BCUT2D eigenvalue weighted by Crippen LogP contribution is 2.08. The van der Waals surface area contributed by atoms with Gasteiger partial charge in [0.05, 0.1) is 18.3 Å². The van der Waals surface area contributed by atoms with Crippen LogP contribution in [0.15, 0.2) is 12.0 Å². The number of allylic oxidation sites excluding steroid dienone is 1. The normalized spacial score (nSPS) is 10.1. The minimum absolute atomic E-state index is 0.0660. The molecule has 0 aromatic rings. The van der Waals surface area contributed by atoms with E-state index in [1.54, 1.807) is 27.7 Å². The maximum atomic E-state index is 11.2. The molecule has 16 heavy (non-hydrogen) atoms. The number of ketones is 1. The molecule has 5 nitrogen and oxygen atoms in total. The summed E-state index contributed by atoms with van der Waals surface area (Å²) in [6, 6.07) is 0. The summed E-state index contributed by atoms with van der Waals surface area (Å²) in [4.78, 5) is 21.5. The first-order valence-electron chi connectivity index (χ1n) is 5.11. The van der Waals surface area contributed by atoms with Gasteiger partial charge < -0.3 is 14.6 Å². The molecule has 0 atom stereocenters. The predicted octanol–water partition coefficient (Wildman–Crippen LogP) is 1.72. The van der Waals surface area contributed by atoms with Crippen molar-refractivity contribution < 1.29 is 24.2 Å². The largest absolute Gasteiger partial charge is 0.481 e. The van der Waals surface area contributed by atoms with E-state index in [1.807, 2.05) is 0 Å². The summed E-state index contributed by atoms with van der Waals surface area (Å²) in [5.74, 6) is -1.66. The number of rotatable bonds is 7. The molecular formula is C11H18O5. The maximum Gasteiger partial charge on any atom is 0.311 e. The third kappa shape index (κ3) is 7.84. The summed E-state index contributed by atoms with van der Waals surface area (Å²) in [6.07, 6.45) is 0.242. The highest BCUT2D eigenvalue weighted by atomic mass is 16.7. The Balaban J connectivity index is 4.53. The van der Waals surface area contributed by atoms with Gasteiger partial charge in [-0.15, -0.1) is 0 Å². The summed E-state index contributed by atoms with van der Waals surface area (Å²) in [5.41, 5.74) is 0. The van der Waals surface area contributed by atoms with Crippen molar-refractivity contribution in [1.29, 1.82) is 0 Å². The van der Waals surface area contributed by atoms with E-state index in [2.05, 4.69) is 0 Å². The Morgan fingerprint density at radius 1 is 1.12 bits per heavy atom. The zero-order chi connectivity index (χ0) is 12.7. The minimum Gasteiger partial charge on any atom is -0.481 e. The highest BCUT2D eigenvalue weighted by molar-refractivity contribution is 6.01. The van der Waals surface area contributed by atoms with Crippen LogP contribution in [0.5, 0.6) is 0 Å². The molecule has 0 aromatic carbocycles. The van der Waals surface area contributed by atoms with Crippen LogP contribution >= 0.6 is 0 Å². The van der Waals surface area contributed by atoms with Gasteiger partial charge in [0.1, 0.15) is 6.42 Å². The molecule has 0 saturated carbocycles. The van der Waals surface area contributed by atoms with Crippen molar-refractivity contribution in [1.82, 2.24) is 0 Å². The Bertz CT molecular complexity index is 266. The molecule has 0 unspecified atom stereocenters. The zero-order valence-electron chi connectivity index (χ0n) is 10.0. The van der Waals surface area contributed by atoms with E-state index in [0.29, 0.717) is 0 Å². The van der Waals surface area contributed by atoms with Gasteiger partial charge in [-0.1, -0.05) is 0 Å². The predicted molar refractivity (Wildman–Crippen MR) is 57.8 cm³/mol. The van der Waals surface area contributed by atoms with Gasteiger partial charge in [0.15, 0.2) is 5.78 Å². The molecule has 0 bridgehead atoms. The van der Waals surface area contributed by atoms with Crippen LogP contribution in [-0.4, -0.2) is 29.1 Å². The molecule has 0 aliphatic heterocycles. The van der Waals surface area contributed by atoms with E-state index in [-0.39, 0.29) is 18.2 Å². The van der Waals surface area contributed by atoms with Gasteiger partial charge in [0.2, 0.25) is 0 Å². The molecule has 0 spiro atoms. The van der Waals surface area contributed by atoms with Crippen LogP contribution in [0.25, 0.3) is 0 Å². The first-order valence-corrected chi connectivity index (χ1v) is 5.11. The van der Waals surface area contributed by atoms with E-state index in [9.17, 15) is 9.59 Å². The van der Waals surface area contributed by atoms with Gasteiger partial charge in [-0.25, -0.2) is 0 Å². The molecule has 0 aliphatic rings. The second-order valence-corrected chi connectivity index (χ2v) is 3.83. The van der Waals surface area contributed by atoms with Crippen LogP contribution < -0.4 is 0 Å². The molecule has 1 N–H and O–H groups in total. The number of hydrogen-bond donors (Lipinski definition) is 1. The van der Waals surface area contributed by atoms with Crippen LogP contribution in [0.4, 0.5) is 0 Å². The third-order valence-electron chi connectivity index (χ3n) is 1.31. The monoisotopic (exact) mass is 230 g/mol. The standard InChI is InChI=1S/C11H18O5/c1-7(2)15-11(16-8(3)4)6-9(12)5-10(13)14/h6-8H,5H2,1-4H3,(H,13,14). The average Bonchev–Trinajstić information content (AvgIpc) is 1.97. The summed E-state index contributed by atoms with van der Waals surface area (Å²) in [5, 5.41) is 8.43. The number of carboxylic acid groups (broad SMARTS) is 1. The maximum absolute atomic E-state index is 11.2. The second kappa shape index (κ2) is 6.87. The van der Waals surface area contributed by atoms with Crippen LogP contribution in [0, 0.1) is 0 Å². The first-order chi connectivity index (χ1) is 7.31. The third-order valence-corrected chi connectivity index (χ3v) is 1.31. The molecule has 0 saturated heterocycles. The van der Waals surface area contributed by atoms with Gasteiger partial charge in [0.25, 0.3) is 5.95 Å². The van der Waals surface area contributed by atoms with Gasteiger partial charge in [-0.2, -0.15) is 0 Å². The summed E-state index contributed by atoms with van der Waals surface area (Å²) in [7, 11) is 0. The molecule has 0 fully saturated rings. The Morgan fingerprint density at radius 2 is 1.56 bits per heavy atom. The second-order valence-electron chi connectivity index (χ2n) is 3.83. The number of carbonyl (C=O) groups excluding carboxylic acids is 1. The van der Waals surface area contributed by atoms with Crippen LogP contribution in [-0.2, 0) is 19.1 Å². The molecule has 0 amide bonds. The van der Waals surface area contributed by atoms with Gasteiger partial charge in [-0.05, 0) is 27.7 Å². The molecule has 0 radical (unpaired) electrons. The van der Waals surface area contributed by atoms with E-state index >= 15 is 0 Å². The van der Waals surface area contributed by atoms with Gasteiger partial charge in [0, 0.05) is 0 Å². The van der Waals surface area contributed by atoms with Crippen LogP contribution in [0.2, 0.25) is 0 Å². The van der Waals surface area contributed by atoms with Crippen molar-refractivity contribution in [3.63, 3.8) is 0 Å². The number of aliphatic carboxylic acids is 1. The lowest BCUT2D eigenvalue weighted by atomic mass is 10.3. The fourth-order valence-electron chi connectivity index (χ4n) is 0.892. The molecule has 92 valence electrons. The summed E-state index contributed by atoms with van der Waals surface area (Å²) >= 11 is 0. The molecule has 0 heterocycles. The van der Waals surface area contributed by atoms with Crippen LogP contribution in [0.1, 0.15) is 34.1 Å². The van der Waals surface area contributed by atoms with E-state index in [1.165, 1.54) is 0 Å². The number of carbonyl (C=O) groups is 2. The lowest BCUT2D eigenvalue weighted by molar-refractivity contribution is -0.139. The van der Waals surface area contributed by atoms with Gasteiger partial charge >= 0.3 is 5.97 Å². The topological polar surface area (TPSA) is 72.8 Å². The Morgan fingerprint density at radius 3 is 1.88 bits per heavy atom. The molecule has 0 rings (SSSR count). The number of hydrogen-bond acceptors (Lipinski definition) is 4. The molecular weight excluding hydrogens is 212 g/mol. The van der Waals surface area contributed by atoms with Crippen molar-refractivity contribution in [2.45, 2.75) is 46.3 Å². The van der Waals surface area contributed by atoms with E-state index in [4.69, 9.17) is 14.6 Å². The fraction of sp³-hybridized carbons (Fsp3) is 0.636. The quantitative estimate of drug-likeness (QED) is 0.409. The number of ether oxygens (including phenoxy) is 2. The van der Waals surface area contributed by atoms with Gasteiger partial charge in [-0.3, -0.25) is 9.59 Å². The Hall–Kier alpha value is -1.52. The van der Waals surface area contributed by atoms with Crippen molar-refractivity contribution in [2.24, 2.45) is 0 Å². The van der Waals surface area contributed by atoms with Crippen molar-refractivity contribution in [3.05, 3.63) is 12.0 Å². The molecule has 0 aromatic heterocycles. The average molecular weight is 230 g/mol. The summed E-state index contributed by atoms with van der Waals surface area (Å²) < 4.78 is 10.5. The highest BCUT2D eigenvalue weighted by Gasteiger charge is 2.11. The van der Waals surface area contributed by atoms with Crippen molar-refractivity contribution in [2.75, 3.05) is 0 Å². The van der Waals surface area contributed by atoms with Crippen molar-refractivity contribution in [3.8, 4) is 0 Å². The lowest BCUT2D eigenvalue weighted by Crippen LogP contribution is -2.13. The Labute approximate surface area is 95.0 Å². The van der Waals surface area contributed by atoms with E-state index in [0.717, 1.165) is 6.08 Å². The SMILES string of the molecule is CC(C)OC(=CC(=O)CC(=O)O)OC(C)C.